The molecule has 1 N–H and O–H groups in total. The highest BCUT2D eigenvalue weighted by molar-refractivity contribution is 7.78. The number of hydrogen-bond acceptors (Lipinski definition) is 2. The maximum atomic E-state index is 11.5. The fourth-order valence-electron chi connectivity index (χ4n) is 0.986. The van der Waals surface area contributed by atoms with Crippen LogP contribution in [-0.4, -0.2) is 10.8 Å². The van der Waals surface area contributed by atoms with E-state index in [1.807, 2.05) is 31.2 Å². The largest absolute Gasteiger partial charge is 0.389 e. The Bertz CT molecular complexity index is 354. The standard InChI is InChI=1S/C12H19NO2S/c1-10-5-7-11(8-6-10)15-16(14)13-9-12(2,3)4/h5-8,13H,9H2,1-4H3. The summed E-state index contributed by atoms with van der Waals surface area (Å²) in [4.78, 5) is 0. The molecule has 0 fully saturated rings. The van der Waals surface area contributed by atoms with Crippen LogP contribution in [-0.2, 0) is 11.3 Å². The molecular weight excluding hydrogens is 222 g/mol. The normalized spacial score (nSPS) is 13.5. The lowest BCUT2D eigenvalue weighted by Gasteiger charge is -2.17. The maximum Gasteiger partial charge on any atom is 0.288 e. The number of aryl methyl sites for hydroxylation is 1. The first-order chi connectivity index (χ1) is 7.37. The number of benzene rings is 1. The van der Waals surface area contributed by atoms with Crippen molar-refractivity contribution in [3.05, 3.63) is 29.8 Å². The van der Waals surface area contributed by atoms with Gasteiger partial charge in [-0.05, 0) is 24.5 Å². The van der Waals surface area contributed by atoms with E-state index in [0.717, 1.165) is 5.56 Å². The van der Waals surface area contributed by atoms with Gasteiger partial charge in [-0.3, -0.25) is 0 Å². The van der Waals surface area contributed by atoms with Crippen LogP contribution in [0.1, 0.15) is 26.3 Å². The Balaban J connectivity index is 2.43. The summed E-state index contributed by atoms with van der Waals surface area (Å²) in [5.41, 5.74) is 1.24. The van der Waals surface area contributed by atoms with Crippen molar-refractivity contribution in [3.8, 4) is 5.75 Å². The van der Waals surface area contributed by atoms with Crippen LogP contribution in [0.2, 0.25) is 0 Å². The zero-order valence-electron chi connectivity index (χ0n) is 10.2. The van der Waals surface area contributed by atoms with Crippen LogP contribution in [0.3, 0.4) is 0 Å². The summed E-state index contributed by atoms with van der Waals surface area (Å²) in [5.74, 6) is 0.616. The van der Waals surface area contributed by atoms with E-state index >= 15 is 0 Å². The van der Waals surface area contributed by atoms with Crippen LogP contribution in [0.5, 0.6) is 5.75 Å². The van der Waals surface area contributed by atoms with Crippen LogP contribution in [0.15, 0.2) is 24.3 Å². The molecule has 3 nitrogen and oxygen atoms in total. The Kier molecular flexibility index (Phi) is 4.50. The number of hydrogen-bond donors (Lipinski definition) is 1. The van der Waals surface area contributed by atoms with E-state index in [9.17, 15) is 4.21 Å². The summed E-state index contributed by atoms with van der Waals surface area (Å²) in [7, 11) is 0. The molecule has 0 aliphatic carbocycles. The van der Waals surface area contributed by atoms with Gasteiger partial charge in [0, 0.05) is 6.54 Å². The molecule has 1 aromatic carbocycles. The molecule has 0 radical (unpaired) electrons. The van der Waals surface area contributed by atoms with Crippen molar-refractivity contribution in [1.82, 2.24) is 4.72 Å². The lowest BCUT2D eigenvalue weighted by Crippen LogP contribution is -2.30. The van der Waals surface area contributed by atoms with Crippen molar-refractivity contribution in [2.24, 2.45) is 5.41 Å². The van der Waals surface area contributed by atoms with Crippen molar-refractivity contribution in [3.63, 3.8) is 0 Å². The minimum absolute atomic E-state index is 0.0896. The van der Waals surface area contributed by atoms with E-state index in [2.05, 4.69) is 25.5 Å². The first-order valence-corrected chi connectivity index (χ1v) is 6.34. The second-order valence-corrected chi connectivity index (χ2v) is 5.94. The van der Waals surface area contributed by atoms with Gasteiger partial charge in [0.05, 0.1) is 0 Å². The smallest absolute Gasteiger partial charge is 0.288 e. The molecule has 1 atom stereocenters. The molecule has 0 aromatic heterocycles. The molecule has 0 spiro atoms. The Morgan fingerprint density at radius 3 is 2.31 bits per heavy atom. The minimum Gasteiger partial charge on any atom is -0.389 e. The van der Waals surface area contributed by atoms with E-state index in [-0.39, 0.29) is 5.41 Å². The van der Waals surface area contributed by atoms with Gasteiger partial charge < -0.3 is 4.18 Å². The minimum atomic E-state index is -1.47. The molecule has 0 saturated heterocycles. The molecule has 4 heteroatoms. The number of nitrogens with one attached hydrogen (secondary N) is 1. The third kappa shape index (κ3) is 5.28. The molecule has 0 heterocycles. The molecular formula is C12H19NO2S. The SMILES string of the molecule is Cc1ccc(OS(=O)NCC(C)(C)C)cc1. The quantitative estimate of drug-likeness (QED) is 0.880. The molecule has 0 aliphatic rings. The fraction of sp³-hybridized carbons (Fsp3) is 0.500. The zero-order valence-corrected chi connectivity index (χ0v) is 11.1. The molecule has 0 amide bonds. The predicted molar refractivity (Wildman–Crippen MR) is 67.4 cm³/mol. The van der Waals surface area contributed by atoms with Gasteiger partial charge >= 0.3 is 0 Å². The third-order valence-electron chi connectivity index (χ3n) is 1.91. The van der Waals surface area contributed by atoms with E-state index in [4.69, 9.17) is 4.18 Å². The van der Waals surface area contributed by atoms with E-state index in [1.54, 1.807) is 0 Å². The predicted octanol–water partition coefficient (Wildman–Crippen LogP) is 2.59. The van der Waals surface area contributed by atoms with E-state index < -0.39 is 11.3 Å². The van der Waals surface area contributed by atoms with Gasteiger partial charge in [-0.1, -0.05) is 38.5 Å². The van der Waals surface area contributed by atoms with Gasteiger partial charge in [-0.15, -0.1) is 0 Å². The van der Waals surface area contributed by atoms with Crippen LogP contribution < -0.4 is 8.91 Å². The summed E-state index contributed by atoms with van der Waals surface area (Å²) < 4.78 is 19.6. The summed E-state index contributed by atoms with van der Waals surface area (Å²) in [6.45, 7) is 8.86. The summed E-state index contributed by atoms with van der Waals surface area (Å²) in [6.07, 6.45) is 0. The highest BCUT2D eigenvalue weighted by Crippen LogP contribution is 2.13. The Morgan fingerprint density at radius 1 is 1.25 bits per heavy atom. The molecule has 1 unspecified atom stereocenters. The van der Waals surface area contributed by atoms with E-state index in [0.29, 0.717) is 12.3 Å². The lowest BCUT2D eigenvalue weighted by molar-refractivity contribution is 0.405. The average molecular weight is 241 g/mol. The Hall–Kier alpha value is -0.870. The van der Waals surface area contributed by atoms with Gasteiger partial charge in [-0.25, -0.2) is 4.72 Å². The first kappa shape index (κ1) is 13.2. The van der Waals surface area contributed by atoms with Gasteiger partial charge in [-0.2, -0.15) is 4.21 Å². The summed E-state index contributed by atoms with van der Waals surface area (Å²) in [5, 5.41) is 0. The van der Waals surface area contributed by atoms with Crippen LogP contribution in [0, 0.1) is 12.3 Å². The van der Waals surface area contributed by atoms with Gasteiger partial charge in [0.2, 0.25) is 0 Å². The van der Waals surface area contributed by atoms with Crippen LogP contribution >= 0.6 is 0 Å². The summed E-state index contributed by atoms with van der Waals surface area (Å²) >= 11 is -1.47. The van der Waals surface area contributed by atoms with Crippen molar-refractivity contribution in [1.29, 1.82) is 0 Å². The van der Waals surface area contributed by atoms with Gasteiger partial charge in [0.1, 0.15) is 5.75 Å². The van der Waals surface area contributed by atoms with Crippen molar-refractivity contribution < 1.29 is 8.39 Å². The van der Waals surface area contributed by atoms with E-state index in [1.165, 1.54) is 0 Å². The molecule has 0 aliphatic heterocycles. The van der Waals surface area contributed by atoms with Crippen LogP contribution in [0.4, 0.5) is 0 Å². The molecule has 1 aromatic rings. The van der Waals surface area contributed by atoms with Crippen molar-refractivity contribution in [2.75, 3.05) is 6.54 Å². The zero-order chi connectivity index (χ0) is 12.2. The fourth-order valence-corrected chi connectivity index (χ4v) is 1.88. The van der Waals surface area contributed by atoms with Crippen LogP contribution in [0.25, 0.3) is 0 Å². The molecule has 1 rings (SSSR count). The molecule has 90 valence electrons. The highest BCUT2D eigenvalue weighted by atomic mass is 32.2. The Morgan fingerprint density at radius 2 is 1.81 bits per heavy atom. The average Bonchev–Trinajstić information content (AvgIpc) is 2.18. The second kappa shape index (κ2) is 5.46. The first-order valence-electron chi connectivity index (χ1n) is 5.27. The number of rotatable bonds is 4. The van der Waals surface area contributed by atoms with Crippen molar-refractivity contribution >= 4 is 11.3 Å². The maximum absolute atomic E-state index is 11.5. The highest BCUT2D eigenvalue weighted by Gasteiger charge is 2.12. The third-order valence-corrected chi connectivity index (χ3v) is 2.64. The Labute approximate surface area is 100 Å². The van der Waals surface area contributed by atoms with Crippen molar-refractivity contribution in [2.45, 2.75) is 27.7 Å². The lowest BCUT2D eigenvalue weighted by atomic mass is 9.98. The summed E-state index contributed by atoms with van der Waals surface area (Å²) in [6, 6.07) is 7.48. The van der Waals surface area contributed by atoms with Gasteiger partial charge in [0.15, 0.2) is 0 Å². The second-order valence-electron chi connectivity index (χ2n) is 5.01. The molecule has 0 saturated carbocycles. The molecule has 16 heavy (non-hydrogen) atoms. The van der Waals surface area contributed by atoms with Gasteiger partial charge in [0.25, 0.3) is 11.3 Å². The molecule has 0 bridgehead atoms. The topological polar surface area (TPSA) is 38.3 Å². The monoisotopic (exact) mass is 241 g/mol.